The molecule has 2 heterocycles. The van der Waals surface area contributed by atoms with Gasteiger partial charge in [-0.3, -0.25) is 14.5 Å². The molecule has 2 amide bonds. The second kappa shape index (κ2) is 13.7. The van der Waals surface area contributed by atoms with Crippen molar-refractivity contribution in [2.75, 3.05) is 26.2 Å². The van der Waals surface area contributed by atoms with Crippen molar-refractivity contribution in [3.05, 3.63) is 71.3 Å². The van der Waals surface area contributed by atoms with Crippen LogP contribution in [0, 0.1) is 0 Å². The Morgan fingerprint density at radius 2 is 1.77 bits per heavy atom. The van der Waals surface area contributed by atoms with E-state index in [1.54, 1.807) is 4.90 Å². The van der Waals surface area contributed by atoms with E-state index in [1.165, 1.54) is 11.1 Å². The smallest absolute Gasteiger partial charge is 0.243 e. The van der Waals surface area contributed by atoms with Gasteiger partial charge in [-0.15, -0.1) is 0 Å². The molecule has 1 spiro atoms. The van der Waals surface area contributed by atoms with Crippen molar-refractivity contribution in [3.8, 4) is 0 Å². The summed E-state index contributed by atoms with van der Waals surface area (Å²) >= 11 is 0. The molecule has 0 aromatic heterocycles. The number of rotatable bonds is 13. The Morgan fingerprint density at radius 1 is 1.02 bits per heavy atom. The molecule has 7 nitrogen and oxygen atoms in total. The van der Waals surface area contributed by atoms with Crippen molar-refractivity contribution < 1.29 is 14.7 Å². The standard InChI is InChI=1S/C33H48N4O3/c1-5-17-36-18-10-15-33(36)16-19-37(32(33)40)25(4)31(39)35-29(21-26-11-7-6-8-12-26)30(38)23-34-22-27-13-9-14-28(20-27)24(2)3/h6-9,11-14,20,24-25,29-30,34,38H,5,10,15-19,21-23H2,1-4H3,(H,35,39)/t25?,29-,30+,33-/m0/s1. The SMILES string of the molecule is CCCN1CCC[C@@]12CCN(C(C)C(=O)N[C@@H](Cc1ccccc1)[C@H](O)CNCc1cccc(C(C)C)c1)C2=O. The maximum atomic E-state index is 13.7. The summed E-state index contributed by atoms with van der Waals surface area (Å²) in [5, 5.41) is 17.7. The van der Waals surface area contributed by atoms with Crippen LogP contribution in [0.5, 0.6) is 0 Å². The third kappa shape index (κ3) is 6.93. The van der Waals surface area contributed by atoms with Crippen molar-refractivity contribution in [2.24, 2.45) is 0 Å². The van der Waals surface area contributed by atoms with E-state index in [9.17, 15) is 14.7 Å². The highest BCUT2D eigenvalue weighted by molar-refractivity contribution is 5.94. The van der Waals surface area contributed by atoms with Gasteiger partial charge in [0.15, 0.2) is 0 Å². The van der Waals surface area contributed by atoms with Crippen molar-refractivity contribution in [1.29, 1.82) is 0 Å². The van der Waals surface area contributed by atoms with Crippen LogP contribution in [0.25, 0.3) is 0 Å². The number of hydrogen-bond donors (Lipinski definition) is 3. The number of benzene rings is 2. The summed E-state index contributed by atoms with van der Waals surface area (Å²) in [6.07, 6.45) is 3.41. The van der Waals surface area contributed by atoms with Crippen LogP contribution in [0.15, 0.2) is 54.6 Å². The molecule has 4 rings (SSSR count). The van der Waals surface area contributed by atoms with E-state index in [0.29, 0.717) is 32.0 Å². The van der Waals surface area contributed by atoms with Crippen LogP contribution in [-0.2, 0) is 22.6 Å². The number of likely N-dealkylation sites (tertiary alicyclic amines) is 2. The molecule has 2 aliphatic heterocycles. The Labute approximate surface area is 240 Å². The fourth-order valence-corrected chi connectivity index (χ4v) is 6.37. The second-order valence-electron chi connectivity index (χ2n) is 11.9. The fourth-order valence-electron chi connectivity index (χ4n) is 6.37. The molecule has 2 aliphatic rings. The lowest BCUT2D eigenvalue weighted by atomic mass is 9.94. The summed E-state index contributed by atoms with van der Waals surface area (Å²) in [5.41, 5.74) is 3.06. The van der Waals surface area contributed by atoms with Crippen molar-refractivity contribution in [1.82, 2.24) is 20.4 Å². The molecule has 0 radical (unpaired) electrons. The van der Waals surface area contributed by atoms with Crippen LogP contribution in [0.1, 0.15) is 76.0 Å². The van der Waals surface area contributed by atoms with Gasteiger partial charge >= 0.3 is 0 Å². The van der Waals surface area contributed by atoms with E-state index in [2.05, 4.69) is 60.6 Å². The Morgan fingerprint density at radius 3 is 2.50 bits per heavy atom. The predicted octanol–water partition coefficient (Wildman–Crippen LogP) is 3.85. The molecule has 2 aromatic carbocycles. The first-order chi connectivity index (χ1) is 19.2. The Balaban J connectivity index is 1.40. The zero-order chi connectivity index (χ0) is 28.7. The quantitative estimate of drug-likeness (QED) is 0.354. The van der Waals surface area contributed by atoms with E-state index >= 15 is 0 Å². The molecule has 1 unspecified atom stereocenters. The average Bonchev–Trinajstić information content (AvgIpc) is 3.51. The number of carbonyl (C=O) groups is 2. The molecule has 2 aromatic rings. The first-order valence-corrected chi connectivity index (χ1v) is 15.1. The molecule has 218 valence electrons. The first-order valence-electron chi connectivity index (χ1n) is 15.1. The summed E-state index contributed by atoms with van der Waals surface area (Å²) in [6, 6.07) is 17.3. The topological polar surface area (TPSA) is 84.9 Å². The van der Waals surface area contributed by atoms with E-state index in [1.807, 2.05) is 37.3 Å². The van der Waals surface area contributed by atoms with Crippen LogP contribution in [0.3, 0.4) is 0 Å². The predicted molar refractivity (Wildman–Crippen MR) is 160 cm³/mol. The summed E-state index contributed by atoms with van der Waals surface area (Å²) in [4.78, 5) is 31.3. The molecule has 0 saturated carbocycles. The second-order valence-corrected chi connectivity index (χ2v) is 11.9. The molecule has 40 heavy (non-hydrogen) atoms. The molecule has 0 bridgehead atoms. The van der Waals surface area contributed by atoms with Gasteiger partial charge in [0, 0.05) is 19.6 Å². The van der Waals surface area contributed by atoms with Crippen LogP contribution in [0.4, 0.5) is 0 Å². The molecule has 7 heteroatoms. The van der Waals surface area contributed by atoms with Gasteiger partial charge in [-0.25, -0.2) is 0 Å². The number of aliphatic hydroxyl groups excluding tert-OH is 1. The normalized spacial score (nSPS) is 21.8. The van der Waals surface area contributed by atoms with Crippen molar-refractivity contribution >= 4 is 11.8 Å². The molecule has 3 N–H and O–H groups in total. The Bertz CT molecular complexity index is 1120. The van der Waals surface area contributed by atoms with Crippen LogP contribution < -0.4 is 10.6 Å². The Kier molecular flexibility index (Phi) is 10.4. The van der Waals surface area contributed by atoms with E-state index in [4.69, 9.17) is 0 Å². The summed E-state index contributed by atoms with van der Waals surface area (Å²) in [7, 11) is 0. The number of nitrogens with one attached hydrogen (secondary N) is 2. The highest BCUT2D eigenvalue weighted by Crippen LogP contribution is 2.39. The van der Waals surface area contributed by atoms with Crippen molar-refractivity contribution in [3.63, 3.8) is 0 Å². The number of hydrogen-bond acceptors (Lipinski definition) is 5. The number of nitrogens with zero attached hydrogens (tertiary/aromatic N) is 2. The monoisotopic (exact) mass is 548 g/mol. The minimum atomic E-state index is -0.792. The minimum absolute atomic E-state index is 0.0894. The van der Waals surface area contributed by atoms with Gasteiger partial charge in [0.25, 0.3) is 0 Å². The zero-order valence-corrected chi connectivity index (χ0v) is 24.7. The largest absolute Gasteiger partial charge is 0.390 e. The van der Waals surface area contributed by atoms with Crippen LogP contribution in [-0.4, -0.2) is 76.6 Å². The lowest BCUT2D eigenvalue weighted by Gasteiger charge is -2.34. The van der Waals surface area contributed by atoms with E-state index < -0.39 is 23.7 Å². The lowest BCUT2D eigenvalue weighted by Crippen LogP contribution is -2.56. The Hall–Kier alpha value is -2.74. The third-order valence-corrected chi connectivity index (χ3v) is 8.78. The molecule has 4 atom stereocenters. The maximum Gasteiger partial charge on any atom is 0.243 e. The van der Waals surface area contributed by atoms with Gasteiger partial charge in [-0.2, -0.15) is 0 Å². The molecule has 2 saturated heterocycles. The fraction of sp³-hybridized carbons (Fsp3) is 0.576. The lowest BCUT2D eigenvalue weighted by molar-refractivity contribution is -0.143. The summed E-state index contributed by atoms with van der Waals surface area (Å²) in [6.45, 7) is 11.8. The van der Waals surface area contributed by atoms with Gasteiger partial charge in [0.05, 0.1) is 12.1 Å². The van der Waals surface area contributed by atoms with Crippen molar-refractivity contribution in [2.45, 2.75) is 96.0 Å². The zero-order valence-electron chi connectivity index (χ0n) is 24.7. The molecular formula is C33H48N4O3. The highest BCUT2D eigenvalue weighted by Gasteiger charge is 2.54. The number of amides is 2. The van der Waals surface area contributed by atoms with E-state index in [0.717, 1.165) is 44.3 Å². The van der Waals surface area contributed by atoms with Crippen LogP contribution >= 0.6 is 0 Å². The summed E-state index contributed by atoms with van der Waals surface area (Å²) in [5.74, 6) is 0.334. The molecule has 0 aliphatic carbocycles. The third-order valence-electron chi connectivity index (χ3n) is 8.78. The average molecular weight is 549 g/mol. The van der Waals surface area contributed by atoms with E-state index in [-0.39, 0.29) is 11.8 Å². The van der Waals surface area contributed by atoms with Gasteiger partial charge in [-0.05, 0) is 74.7 Å². The summed E-state index contributed by atoms with van der Waals surface area (Å²) < 4.78 is 0. The van der Waals surface area contributed by atoms with Gasteiger partial charge in [-0.1, -0.05) is 75.4 Å². The highest BCUT2D eigenvalue weighted by atomic mass is 16.3. The van der Waals surface area contributed by atoms with Gasteiger partial charge < -0.3 is 20.6 Å². The maximum absolute atomic E-state index is 13.7. The number of carbonyl (C=O) groups excluding carboxylic acids is 2. The van der Waals surface area contributed by atoms with Gasteiger partial charge in [0.1, 0.15) is 11.6 Å². The first kappa shape index (κ1) is 30.2. The molecular weight excluding hydrogens is 500 g/mol. The number of aliphatic hydroxyl groups is 1. The van der Waals surface area contributed by atoms with Gasteiger partial charge in [0.2, 0.25) is 11.8 Å². The minimum Gasteiger partial charge on any atom is -0.390 e. The van der Waals surface area contributed by atoms with Crippen LogP contribution in [0.2, 0.25) is 0 Å². The molecule has 2 fully saturated rings.